The van der Waals surface area contributed by atoms with Crippen LogP contribution in [0.25, 0.3) is 0 Å². The van der Waals surface area contributed by atoms with Gasteiger partial charge in [0.25, 0.3) is 5.56 Å². The van der Waals surface area contributed by atoms with Crippen LogP contribution in [0.15, 0.2) is 15.5 Å². The molecule has 0 bridgehead atoms. The van der Waals surface area contributed by atoms with Crippen molar-refractivity contribution in [3.8, 4) is 0 Å². The molecule has 5 nitrogen and oxygen atoms in total. The quantitative estimate of drug-likeness (QED) is 0.881. The highest BCUT2D eigenvalue weighted by Gasteiger charge is 2.32. The molecule has 0 radical (unpaired) electrons. The van der Waals surface area contributed by atoms with Gasteiger partial charge in [0.05, 0.1) is 25.0 Å². The van der Waals surface area contributed by atoms with Crippen LogP contribution in [0.3, 0.4) is 0 Å². The summed E-state index contributed by atoms with van der Waals surface area (Å²) in [7, 11) is 0. The molecule has 17 heavy (non-hydrogen) atoms. The lowest BCUT2D eigenvalue weighted by Crippen LogP contribution is -2.42. The predicted molar refractivity (Wildman–Crippen MR) is 69.2 cm³/mol. The van der Waals surface area contributed by atoms with Crippen LogP contribution in [0.2, 0.25) is 0 Å². The second-order valence-electron chi connectivity index (χ2n) is 4.66. The number of aromatic nitrogens is 2. The number of aliphatic hydroxyl groups is 1. The van der Waals surface area contributed by atoms with Gasteiger partial charge in [-0.05, 0) is 42.1 Å². The molecule has 1 aromatic heterocycles. The maximum atomic E-state index is 11.9. The Bertz CT molecular complexity index is 468. The first-order valence-electron chi connectivity index (χ1n) is 5.70. The van der Waals surface area contributed by atoms with Gasteiger partial charge in [0.2, 0.25) is 0 Å². The Labute approximate surface area is 108 Å². The summed E-state index contributed by atoms with van der Waals surface area (Å²) in [5, 5.41) is 16.2. The van der Waals surface area contributed by atoms with E-state index in [1.54, 1.807) is 6.20 Å². The van der Waals surface area contributed by atoms with E-state index in [9.17, 15) is 4.79 Å². The number of aliphatic hydroxyl groups excluding tert-OH is 1. The molecule has 1 aliphatic rings. The largest absolute Gasteiger partial charge is 0.394 e. The Morgan fingerprint density at radius 1 is 1.65 bits per heavy atom. The van der Waals surface area contributed by atoms with Gasteiger partial charge in [-0.15, -0.1) is 0 Å². The van der Waals surface area contributed by atoms with E-state index in [2.05, 4.69) is 33.3 Å². The molecule has 6 heteroatoms. The van der Waals surface area contributed by atoms with Gasteiger partial charge in [0.1, 0.15) is 4.47 Å². The summed E-state index contributed by atoms with van der Waals surface area (Å²) in [5.74, 6) is 0. The fourth-order valence-electron chi connectivity index (χ4n) is 1.96. The summed E-state index contributed by atoms with van der Waals surface area (Å²) in [6.07, 6.45) is 5.07. The third-order valence-electron chi connectivity index (χ3n) is 3.19. The Balaban J connectivity index is 2.24. The van der Waals surface area contributed by atoms with E-state index in [0.29, 0.717) is 4.47 Å². The Hall–Kier alpha value is -0.880. The van der Waals surface area contributed by atoms with E-state index in [-0.39, 0.29) is 24.2 Å². The molecule has 1 saturated carbocycles. The highest BCUT2D eigenvalue weighted by atomic mass is 79.9. The molecule has 1 aromatic rings. The summed E-state index contributed by atoms with van der Waals surface area (Å²) in [5.41, 5.74) is 0.596. The fraction of sp³-hybridized carbons (Fsp3) is 0.636. The average molecular weight is 302 g/mol. The highest BCUT2D eigenvalue weighted by Crippen LogP contribution is 2.35. The summed E-state index contributed by atoms with van der Waals surface area (Å²) in [6, 6.07) is 0. The molecule has 0 amide bonds. The first-order valence-corrected chi connectivity index (χ1v) is 6.50. The molecule has 0 spiro atoms. The van der Waals surface area contributed by atoms with E-state index in [0.717, 1.165) is 18.5 Å². The van der Waals surface area contributed by atoms with E-state index in [1.807, 2.05) is 0 Å². The predicted octanol–water partition coefficient (Wildman–Crippen LogP) is 1.35. The summed E-state index contributed by atoms with van der Waals surface area (Å²) >= 11 is 3.29. The number of hydrogen-bond donors (Lipinski definition) is 2. The fourth-order valence-corrected chi connectivity index (χ4v) is 2.37. The maximum Gasteiger partial charge on any atom is 0.283 e. The molecule has 2 rings (SSSR count). The van der Waals surface area contributed by atoms with Crippen LogP contribution in [0.4, 0.5) is 5.69 Å². The number of nitrogens with zero attached hydrogens (tertiary/aromatic N) is 2. The van der Waals surface area contributed by atoms with Crippen LogP contribution < -0.4 is 10.9 Å². The number of rotatable bonds is 4. The number of halogens is 1. The molecular formula is C11H16BrN3O2. The van der Waals surface area contributed by atoms with Crippen LogP contribution in [0.5, 0.6) is 0 Å². The monoisotopic (exact) mass is 301 g/mol. The van der Waals surface area contributed by atoms with Crippen molar-refractivity contribution in [1.29, 1.82) is 0 Å². The van der Waals surface area contributed by atoms with Crippen molar-refractivity contribution in [1.82, 2.24) is 9.78 Å². The minimum atomic E-state index is -0.216. The van der Waals surface area contributed by atoms with Crippen molar-refractivity contribution in [3.05, 3.63) is 21.0 Å². The molecule has 1 aliphatic carbocycles. The third-order valence-corrected chi connectivity index (χ3v) is 3.96. The van der Waals surface area contributed by atoms with Crippen LogP contribution in [0, 0.1) is 0 Å². The van der Waals surface area contributed by atoms with Gasteiger partial charge in [0.15, 0.2) is 0 Å². The zero-order valence-electron chi connectivity index (χ0n) is 9.74. The smallest absolute Gasteiger partial charge is 0.283 e. The van der Waals surface area contributed by atoms with Gasteiger partial charge in [-0.2, -0.15) is 5.10 Å². The molecule has 94 valence electrons. The summed E-state index contributed by atoms with van der Waals surface area (Å²) in [6.45, 7) is 2.26. The zero-order chi connectivity index (χ0) is 12.5. The zero-order valence-corrected chi connectivity index (χ0v) is 11.3. The lowest BCUT2D eigenvalue weighted by atomic mass is 9.78. The molecule has 0 unspecified atom stereocenters. The van der Waals surface area contributed by atoms with E-state index in [4.69, 9.17) is 5.11 Å². The van der Waals surface area contributed by atoms with Crippen molar-refractivity contribution in [2.24, 2.45) is 0 Å². The molecule has 1 fully saturated rings. The minimum Gasteiger partial charge on any atom is -0.394 e. The van der Waals surface area contributed by atoms with Gasteiger partial charge in [-0.3, -0.25) is 4.79 Å². The molecule has 2 N–H and O–H groups in total. The summed E-state index contributed by atoms with van der Waals surface area (Å²) < 4.78 is 1.73. The van der Waals surface area contributed by atoms with Crippen LogP contribution in [0.1, 0.15) is 26.2 Å². The van der Waals surface area contributed by atoms with E-state index in [1.165, 1.54) is 11.1 Å². The normalized spacial score (nSPS) is 17.6. The van der Waals surface area contributed by atoms with Gasteiger partial charge in [-0.1, -0.05) is 0 Å². The SMILES string of the molecule is CC1(Nc2cnn(CCO)c(=O)c2Br)CCC1. The number of nitrogens with one attached hydrogen (secondary N) is 1. The van der Waals surface area contributed by atoms with Crippen molar-refractivity contribution in [2.45, 2.75) is 38.3 Å². The lowest BCUT2D eigenvalue weighted by molar-refractivity contribution is 0.265. The van der Waals surface area contributed by atoms with Crippen molar-refractivity contribution in [2.75, 3.05) is 11.9 Å². The van der Waals surface area contributed by atoms with Crippen molar-refractivity contribution in [3.63, 3.8) is 0 Å². The Morgan fingerprint density at radius 3 is 2.88 bits per heavy atom. The first-order chi connectivity index (χ1) is 8.06. The first kappa shape index (κ1) is 12.6. The number of hydrogen-bond acceptors (Lipinski definition) is 4. The van der Waals surface area contributed by atoms with Gasteiger partial charge >= 0.3 is 0 Å². The Morgan fingerprint density at radius 2 is 2.35 bits per heavy atom. The van der Waals surface area contributed by atoms with Crippen LogP contribution in [-0.2, 0) is 6.54 Å². The second kappa shape index (κ2) is 4.78. The van der Waals surface area contributed by atoms with Gasteiger partial charge in [0, 0.05) is 5.54 Å². The second-order valence-corrected chi connectivity index (χ2v) is 5.46. The van der Waals surface area contributed by atoms with E-state index >= 15 is 0 Å². The lowest BCUT2D eigenvalue weighted by Gasteiger charge is -2.40. The summed E-state index contributed by atoms with van der Waals surface area (Å²) in [4.78, 5) is 11.9. The highest BCUT2D eigenvalue weighted by molar-refractivity contribution is 9.10. The van der Waals surface area contributed by atoms with Gasteiger partial charge in [-0.25, -0.2) is 4.68 Å². The molecule has 0 aliphatic heterocycles. The number of anilines is 1. The Kier molecular flexibility index (Phi) is 3.53. The topological polar surface area (TPSA) is 67.2 Å². The van der Waals surface area contributed by atoms with Crippen molar-refractivity contribution >= 4 is 21.6 Å². The van der Waals surface area contributed by atoms with E-state index < -0.39 is 0 Å². The standard InChI is InChI=1S/C11H16BrN3O2/c1-11(3-2-4-11)14-8-7-13-15(5-6-16)10(17)9(8)12/h7,14,16H,2-6H2,1H3. The molecular weight excluding hydrogens is 286 g/mol. The average Bonchev–Trinajstić information content (AvgIpc) is 2.27. The van der Waals surface area contributed by atoms with Gasteiger partial charge < -0.3 is 10.4 Å². The third kappa shape index (κ3) is 2.52. The maximum absolute atomic E-state index is 11.9. The van der Waals surface area contributed by atoms with Crippen molar-refractivity contribution < 1.29 is 5.11 Å². The minimum absolute atomic E-state index is 0.0831. The van der Waals surface area contributed by atoms with Crippen LogP contribution in [-0.4, -0.2) is 27.0 Å². The molecule has 1 heterocycles. The molecule has 0 aromatic carbocycles. The van der Waals surface area contributed by atoms with Crippen LogP contribution >= 0.6 is 15.9 Å². The molecule has 0 saturated heterocycles. The molecule has 0 atom stereocenters.